The summed E-state index contributed by atoms with van der Waals surface area (Å²) < 4.78 is 0. The first-order valence-corrected chi connectivity index (χ1v) is 7.18. The van der Waals surface area contributed by atoms with Crippen LogP contribution >= 0.6 is 0 Å². The van der Waals surface area contributed by atoms with E-state index >= 15 is 0 Å². The zero-order valence-electron chi connectivity index (χ0n) is 13.0. The highest BCUT2D eigenvalue weighted by molar-refractivity contribution is 5.87. The fourth-order valence-electron chi connectivity index (χ4n) is 2.19. The number of hydrogen-bond donors (Lipinski definition) is 3. The second kappa shape index (κ2) is 7.11. The van der Waals surface area contributed by atoms with E-state index in [-0.39, 0.29) is 12.0 Å². The van der Waals surface area contributed by atoms with Gasteiger partial charge in [0.2, 0.25) is 0 Å². The summed E-state index contributed by atoms with van der Waals surface area (Å²) in [7, 11) is 0. The third-order valence-corrected chi connectivity index (χ3v) is 3.70. The van der Waals surface area contributed by atoms with Crippen LogP contribution in [0.1, 0.15) is 39.7 Å². The number of nitrogens with one attached hydrogen (secondary N) is 2. The van der Waals surface area contributed by atoms with Gasteiger partial charge >= 0.3 is 12.0 Å². The molecule has 0 saturated carbocycles. The van der Waals surface area contributed by atoms with Crippen molar-refractivity contribution in [3.8, 4) is 0 Å². The van der Waals surface area contributed by atoms with Crippen LogP contribution in [0.25, 0.3) is 0 Å². The quantitative estimate of drug-likeness (QED) is 0.754. The Kier molecular flexibility index (Phi) is 5.76. The van der Waals surface area contributed by atoms with Gasteiger partial charge in [-0.05, 0) is 24.8 Å². The number of carbonyl (C=O) groups is 2. The normalized spacial score (nSPS) is 15.1. The van der Waals surface area contributed by atoms with Gasteiger partial charge in [-0.3, -0.25) is 0 Å². The molecular weight excluding hydrogens is 268 g/mol. The van der Waals surface area contributed by atoms with Gasteiger partial charge in [0.25, 0.3) is 0 Å². The van der Waals surface area contributed by atoms with Crippen molar-refractivity contribution in [2.24, 2.45) is 5.92 Å². The predicted molar refractivity (Wildman–Crippen MR) is 82.0 cm³/mol. The Bertz CT molecular complexity index is 488. The van der Waals surface area contributed by atoms with Crippen LogP contribution in [-0.2, 0) is 10.3 Å². The van der Waals surface area contributed by atoms with Gasteiger partial charge in [-0.1, -0.05) is 51.1 Å². The van der Waals surface area contributed by atoms with E-state index in [2.05, 4.69) is 10.6 Å². The molecule has 0 aromatic heterocycles. The molecule has 2 atom stereocenters. The Morgan fingerprint density at radius 3 is 2.24 bits per heavy atom. The van der Waals surface area contributed by atoms with Crippen molar-refractivity contribution in [2.75, 3.05) is 0 Å². The Morgan fingerprint density at radius 2 is 1.81 bits per heavy atom. The molecular formula is C16H24N2O3. The van der Waals surface area contributed by atoms with Crippen molar-refractivity contribution < 1.29 is 14.7 Å². The summed E-state index contributed by atoms with van der Waals surface area (Å²) in [4.78, 5) is 23.7. The number of hydrogen-bond acceptors (Lipinski definition) is 2. The second-order valence-corrected chi connectivity index (χ2v) is 5.65. The fourth-order valence-corrected chi connectivity index (χ4v) is 2.19. The average molecular weight is 292 g/mol. The van der Waals surface area contributed by atoms with Gasteiger partial charge in [-0.15, -0.1) is 0 Å². The van der Waals surface area contributed by atoms with Gasteiger partial charge in [0.1, 0.15) is 0 Å². The zero-order valence-corrected chi connectivity index (χ0v) is 13.0. The van der Waals surface area contributed by atoms with E-state index in [0.717, 1.165) is 6.42 Å². The Labute approximate surface area is 125 Å². The number of benzene rings is 1. The lowest BCUT2D eigenvalue weighted by atomic mass is 9.92. The smallest absolute Gasteiger partial charge is 0.333 e. The molecule has 116 valence electrons. The Morgan fingerprint density at radius 1 is 1.24 bits per heavy atom. The van der Waals surface area contributed by atoms with Gasteiger partial charge in [0.15, 0.2) is 5.54 Å². The van der Waals surface area contributed by atoms with Crippen molar-refractivity contribution in [2.45, 2.75) is 45.7 Å². The first-order chi connectivity index (χ1) is 9.81. The highest BCUT2D eigenvalue weighted by Crippen LogP contribution is 2.21. The molecule has 1 rings (SSSR count). The first kappa shape index (κ1) is 17.0. The van der Waals surface area contributed by atoms with E-state index in [1.165, 1.54) is 6.92 Å². The van der Waals surface area contributed by atoms with Crippen LogP contribution in [0.15, 0.2) is 30.3 Å². The minimum atomic E-state index is -1.46. The monoisotopic (exact) mass is 292 g/mol. The number of rotatable bonds is 6. The molecule has 5 nitrogen and oxygen atoms in total. The number of carboxylic acid groups (broad SMARTS) is 1. The van der Waals surface area contributed by atoms with Crippen LogP contribution in [0.3, 0.4) is 0 Å². The molecule has 2 amide bonds. The summed E-state index contributed by atoms with van der Waals surface area (Å²) in [5, 5.41) is 14.9. The van der Waals surface area contributed by atoms with Crippen molar-refractivity contribution in [1.29, 1.82) is 0 Å². The molecule has 0 bridgehead atoms. The maximum Gasteiger partial charge on any atom is 0.333 e. The third-order valence-electron chi connectivity index (χ3n) is 3.70. The van der Waals surface area contributed by atoms with E-state index in [1.54, 1.807) is 30.3 Å². The maximum absolute atomic E-state index is 12.1. The Hall–Kier alpha value is -2.04. The zero-order chi connectivity index (χ0) is 16.0. The highest BCUT2D eigenvalue weighted by atomic mass is 16.4. The molecule has 0 radical (unpaired) electrons. The third kappa shape index (κ3) is 4.21. The number of urea groups is 1. The van der Waals surface area contributed by atoms with E-state index in [4.69, 9.17) is 0 Å². The van der Waals surface area contributed by atoms with Crippen LogP contribution in [-0.4, -0.2) is 23.1 Å². The predicted octanol–water partition coefficient (Wildman–Crippen LogP) is 2.72. The van der Waals surface area contributed by atoms with Gasteiger partial charge < -0.3 is 15.7 Å². The molecule has 1 aromatic rings. The van der Waals surface area contributed by atoms with Gasteiger partial charge in [0, 0.05) is 6.04 Å². The first-order valence-electron chi connectivity index (χ1n) is 7.18. The molecule has 21 heavy (non-hydrogen) atoms. The lowest BCUT2D eigenvalue weighted by molar-refractivity contribution is -0.144. The van der Waals surface area contributed by atoms with Gasteiger partial charge in [-0.2, -0.15) is 0 Å². The minimum Gasteiger partial charge on any atom is -0.479 e. The molecule has 2 unspecified atom stereocenters. The lowest BCUT2D eigenvalue weighted by Crippen LogP contribution is -2.55. The topological polar surface area (TPSA) is 78.4 Å². The van der Waals surface area contributed by atoms with Crippen molar-refractivity contribution >= 4 is 12.0 Å². The van der Waals surface area contributed by atoms with Crippen LogP contribution in [0.2, 0.25) is 0 Å². The molecule has 0 aliphatic rings. The molecule has 0 aliphatic carbocycles. The van der Waals surface area contributed by atoms with Crippen molar-refractivity contribution in [1.82, 2.24) is 10.6 Å². The summed E-state index contributed by atoms with van der Waals surface area (Å²) >= 11 is 0. The summed E-state index contributed by atoms with van der Waals surface area (Å²) in [5.74, 6) is -0.810. The number of carboxylic acids is 1. The summed E-state index contributed by atoms with van der Waals surface area (Å²) in [6.45, 7) is 7.50. The van der Waals surface area contributed by atoms with Gasteiger partial charge in [-0.25, -0.2) is 9.59 Å². The second-order valence-electron chi connectivity index (χ2n) is 5.65. The molecule has 5 heteroatoms. The molecule has 0 spiro atoms. The number of amides is 2. The van der Waals surface area contributed by atoms with Crippen LogP contribution in [0.4, 0.5) is 4.79 Å². The lowest BCUT2D eigenvalue weighted by Gasteiger charge is -2.29. The minimum absolute atomic E-state index is 0.0128. The largest absolute Gasteiger partial charge is 0.479 e. The van der Waals surface area contributed by atoms with E-state index in [1.807, 2.05) is 20.8 Å². The average Bonchev–Trinajstić information content (AvgIpc) is 2.45. The molecule has 1 aromatic carbocycles. The SMILES string of the molecule is CCC(NC(=O)NC(C)(C(=O)O)c1ccccc1)C(C)C. The molecule has 0 heterocycles. The number of carbonyl (C=O) groups excluding carboxylic acids is 1. The van der Waals surface area contributed by atoms with E-state index in [9.17, 15) is 14.7 Å². The van der Waals surface area contributed by atoms with Gasteiger partial charge in [0.05, 0.1) is 0 Å². The van der Waals surface area contributed by atoms with E-state index in [0.29, 0.717) is 5.56 Å². The summed E-state index contributed by atoms with van der Waals surface area (Å²) in [6, 6.07) is 8.22. The van der Waals surface area contributed by atoms with Crippen molar-refractivity contribution in [3.05, 3.63) is 35.9 Å². The van der Waals surface area contributed by atoms with E-state index < -0.39 is 17.5 Å². The summed E-state index contributed by atoms with van der Waals surface area (Å²) in [5.41, 5.74) is -0.925. The summed E-state index contributed by atoms with van der Waals surface area (Å²) in [6.07, 6.45) is 0.792. The molecule has 0 saturated heterocycles. The van der Waals surface area contributed by atoms with Crippen LogP contribution in [0.5, 0.6) is 0 Å². The molecule has 0 fully saturated rings. The fraction of sp³-hybridized carbons (Fsp3) is 0.500. The molecule has 0 aliphatic heterocycles. The molecule has 3 N–H and O–H groups in total. The standard InChI is InChI=1S/C16H24N2O3/c1-5-13(11(2)3)17-15(21)18-16(4,14(19)20)12-9-7-6-8-10-12/h6-11,13H,5H2,1-4H3,(H,19,20)(H2,17,18,21). The van der Waals surface area contributed by atoms with Crippen LogP contribution in [0, 0.1) is 5.92 Å². The number of aliphatic carboxylic acids is 1. The van der Waals surface area contributed by atoms with Crippen molar-refractivity contribution in [3.63, 3.8) is 0 Å². The Balaban J connectivity index is 2.89. The maximum atomic E-state index is 12.1. The highest BCUT2D eigenvalue weighted by Gasteiger charge is 2.37. The van der Waals surface area contributed by atoms with Crippen LogP contribution < -0.4 is 10.6 Å².